The highest BCUT2D eigenvalue weighted by Crippen LogP contribution is 2.12. The summed E-state index contributed by atoms with van der Waals surface area (Å²) in [7, 11) is 0. The number of rotatable bonds is 6. The van der Waals surface area contributed by atoms with Crippen molar-refractivity contribution in [3.05, 3.63) is 29.8 Å². The minimum absolute atomic E-state index is 0.108. The third kappa shape index (κ3) is 5.71. The molecule has 0 aliphatic heterocycles. The first-order valence-corrected chi connectivity index (χ1v) is 6.46. The number of hydrogen-bond acceptors (Lipinski definition) is 4. The van der Waals surface area contributed by atoms with Crippen LogP contribution < -0.4 is 16.8 Å². The van der Waals surface area contributed by atoms with E-state index in [1.54, 1.807) is 24.3 Å². The quantitative estimate of drug-likeness (QED) is 0.735. The first-order valence-electron chi connectivity index (χ1n) is 6.46. The minimum Gasteiger partial charge on any atom is -0.445 e. The molecule has 1 aromatic rings. The molecule has 0 unspecified atom stereocenters. The van der Waals surface area contributed by atoms with Crippen LogP contribution in [-0.4, -0.2) is 18.0 Å². The fraction of sp³-hybridized carbons (Fsp3) is 0.429. The van der Waals surface area contributed by atoms with Gasteiger partial charge in [0.15, 0.2) is 0 Å². The summed E-state index contributed by atoms with van der Waals surface area (Å²) in [5.74, 6) is 0.156. The summed E-state index contributed by atoms with van der Waals surface area (Å²) >= 11 is 0. The highest BCUT2D eigenvalue weighted by molar-refractivity contribution is 5.94. The Morgan fingerprint density at radius 2 is 1.85 bits per heavy atom. The molecule has 0 aliphatic rings. The van der Waals surface area contributed by atoms with Crippen molar-refractivity contribution in [3.63, 3.8) is 0 Å². The lowest BCUT2D eigenvalue weighted by Crippen LogP contribution is -2.36. The molecule has 0 heterocycles. The van der Waals surface area contributed by atoms with Crippen molar-refractivity contribution in [2.75, 3.05) is 5.32 Å². The number of anilines is 1. The normalized spacial score (nSPS) is 12.0. The molecule has 1 rings (SSSR count). The van der Waals surface area contributed by atoms with Crippen LogP contribution in [-0.2, 0) is 16.1 Å². The van der Waals surface area contributed by atoms with E-state index >= 15 is 0 Å². The second-order valence-corrected chi connectivity index (χ2v) is 5.03. The van der Waals surface area contributed by atoms with E-state index in [1.807, 2.05) is 13.8 Å². The Kier molecular flexibility index (Phi) is 5.99. The van der Waals surface area contributed by atoms with Crippen LogP contribution in [0.25, 0.3) is 0 Å². The van der Waals surface area contributed by atoms with Crippen molar-refractivity contribution < 1.29 is 14.3 Å². The fourth-order valence-corrected chi connectivity index (χ4v) is 1.69. The predicted octanol–water partition coefficient (Wildman–Crippen LogP) is 1.59. The molecule has 6 heteroatoms. The van der Waals surface area contributed by atoms with Gasteiger partial charge in [0.25, 0.3) is 0 Å². The van der Waals surface area contributed by atoms with Crippen LogP contribution in [0.15, 0.2) is 24.3 Å². The standard InChI is InChI=1S/C14H21N3O3/c1-9(2)7-12(15)13(18)17-11-5-3-10(4-6-11)8-20-14(16)19/h3-6,9,12H,7-8,15H2,1-2H3,(H2,16,19)(H,17,18)/t12-/m0/s1. The molecule has 0 spiro atoms. The lowest BCUT2D eigenvalue weighted by molar-refractivity contribution is -0.117. The summed E-state index contributed by atoms with van der Waals surface area (Å²) < 4.78 is 4.66. The van der Waals surface area contributed by atoms with Crippen molar-refractivity contribution >= 4 is 17.7 Å². The Bertz CT molecular complexity index is 457. The third-order valence-corrected chi connectivity index (χ3v) is 2.66. The second-order valence-electron chi connectivity index (χ2n) is 5.03. The maximum Gasteiger partial charge on any atom is 0.404 e. The lowest BCUT2D eigenvalue weighted by Gasteiger charge is -2.14. The highest BCUT2D eigenvalue weighted by atomic mass is 16.5. The van der Waals surface area contributed by atoms with Gasteiger partial charge in [0.2, 0.25) is 5.91 Å². The Morgan fingerprint density at radius 3 is 2.35 bits per heavy atom. The molecular weight excluding hydrogens is 258 g/mol. The van der Waals surface area contributed by atoms with Gasteiger partial charge in [0.1, 0.15) is 6.61 Å². The molecule has 0 saturated heterocycles. The largest absolute Gasteiger partial charge is 0.445 e. The van der Waals surface area contributed by atoms with Gasteiger partial charge in [-0.15, -0.1) is 0 Å². The summed E-state index contributed by atoms with van der Waals surface area (Å²) in [5, 5.41) is 2.74. The van der Waals surface area contributed by atoms with Gasteiger partial charge in [0.05, 0.1) is 6.04 Å². The monoisotopic (exact) mass is 279 g/mol. The predicted molar refractivity (Wildman–Crippen MR) is 76.9 cm³/mol. The summed E-state index contributed by atoms with van der Waals surface area (Å²) in [6.07, 6.45) is -0.182. The highest BCUT2D eigenvalue weighted by Gasteiger charge is 2.14. The first-order chi connectivity index (χ1) is 9.38. The third-order valence-electron chi connectivity index (χ3n) is 2.66. The molecule has 2 amide bonds. The Labute approximate surface area is 118 Å². The van der Waals surface area contributed by atoms with Crippen LogP contribution in [0.5, 0.6) is 0 Å². The number of benzene rings is 1. The van der Waals surface area contributed by atoms with Crippen LogP contribution in [0.3, 0.4) is 0 Å². The SMILES string of the molecule is CC(C)C[C@H](N)C(=O)Nc1ccc(COC(N)=O)cc1. The maximum atomic E-state index is 11.8. The van der Waals surface area contributed by atoms with E-state index in [4.69, 9.17) is 11.5 Å². The van der Waals surface area contributed by atoms with Crippen LogP contribution in [0, 0.1) is 5.92 Å². The number of carbonyl (C=O) groups excluding carboxylic acids is 2. The van der Waals surface area contributed by atoms with Crippen molar-refractivity contribution in [3.8, 4) is 0 Å². The average Bonchev–Trinajstić information content (AvgIpc) is 2.37. The molecule has 0 fully saturated rings. The zero-order valence-electron chi connectivity index (χ0n) is 11.8. The molecule has 20 heavy (non-hydrogen) atoms. The molecule has 110 valence electrons. The molecule has 5 N–H and O–H groups in total. The Balaban J connectivity index is 2.52. The maximum absolute atomic E-state index is 11.8. The van der Waals surface area contributed by atoms with Crippen LogP contribution in [0.4, 0.5) is 10.5 Å². The van der Waals surface area contributed by atoms with Gasteiger partial charge in [-0.25, -0.2) is 4.79 Å². The van der Waals surface area contributed by atoms with Gasteiger partial charge >= 0.3 is 6.09 Å². The van der Waals surface area contributed by atoms with E-state index in [1.165, 1.54) is 0 Å². The van der Waals surface area contributed by atoms with Gasteiger partial charge in [-0.1, -0.05) is 26.0 Å². The smallest absolute Gasteiger partial charge is 0.404 e. The van der Waals surface area contributed by atoms with Crippen molar-refractivity contribution in [2.45, 2.75) is 32.9 Å². The van der Waals surface area contributed by atoms with Gasteiger partial charge in [-0.05, 0) is 30.0 Å². The molecule has 1 aromatic carbocycles. The molecule has 0 aliphatic carbocycles. The lowest BCUT2D eigenvalue weighted by atomic mass is 10.0. The first kappa shape index (κ1) is 16.0. The zero-order chi connectivity index (χ0) is 15.1. The number of carbonyl (C=O) groups is 2. The van der Waals surface area contributed by atoms with Crippen molar-refractivity contribution in [1.82, 2.24) is 0 Å². The topological polar surface area (TPSA) is 107 Å². The Morgan fingerprint density at radius 1 is 1.25 bits per heavy atom. The Hall–Kier alpha value is -2.08. The number of primary amides is 1. The van der Waals surface area contributed by atoms with E-state index < -0.39 is 12.1 Å². The van der Waals surface area contributed by atoms with E-state index in [9.17, 15) is 9.59 Å². The number of hydrogen-bond donors (Lipinski definition) is 3. The van der Waals surface area contributed by atoms with E-state index in [0.717, 1.165) is 5.56 Å². The van der Waals surface area contributed by atoms with Gasteiger partial charge in [0, 0.05) is 5.69 Å². The molecule has 1 atom stereocenters. The summed E-state index contributed by atoms with van der Waals surface area (Å²) in [6.45, 7) is 4.14. The van der Waals surface area contributed by atoms with Crippen LogP contribution in [0.1, 0.15) is 25.8 Å². The second kappa shape index (κ2) is 7.49. The molecule has 0 radical (unpaired) electrons. The van der Waals surface area contributed by atoms with Crippen LogP contribution >= 0.6 is 0 Å². The van der Waals surface area contributed by atoms with Gasteiger partial charge in [-0.3, -0.25) is 4.79 Å². The zero-order valence-corrected chi connectivity index (χ0v) is 11.8. The number of nitrogens with one attached hydrogen (secondary N) is 1. The molecular formula is C14H21N3O3. The number of ether oxygens (including phenoxy) is 1. The molecule has 0 saturated carbocycles. The van der Waals surface area contributed by atoms with Gasteiger partial charge < -0.3 is 21.5 Å². The van der Waals surface area contributed by atoms with Crippen molar-refractivity contribution in [2.24, 2.45) is 17.4 Å². The fourth-order valence-electron chi connectivity index (χ4n) is 1.69. The van der Waals surface area contributed by atoms with E-state index in [-0.39, 0.29) is 12.5 Å². The molecule has 0 bridgehead atoms. The summed E-state index contributed by atoms with van der Waals surface area (Å²) in [5.41, 5.74) is 12.1. The number of nitrogens with two attached hydrogens (primary N) is 2. The van der Waals surface area contributed by atoms with E-state index in [0.29, 0.717) is 18.0 Å². The minimum atomic E-state index is -0.818. The van der Waals surface area contributed by atoms with Crippen molar-refractivity contribution in [1.29, 1.82) is 0 Å². The van der Waals surface area contributed by atoms with E-state index in [2.05, 4.69) is 10.1 Å². The summed E-state index contributed by atoms with van der Waals surface area (Å²) in [6, 6.07) is 6.41. The number of amides is 2. The van der Waals surface area contributed by atoms with Crippen LogP contribution in [0.2, 0.25) is 0 Å². The van der Waals surface area contributed by atoms with Gasteiger partial charge in [-0.2, -0.15) is 0 Å². The summed E-state index contributed by atoms with van der Waals surface area (Å²) in [4.78, 5) is 22.3. The average molecular weight is 279 g/mol. The molecule has 6 nitrogen and oxygen atoms in total. The molecule has 0 aromatic heterocycles.